The number of anilines is 1. The average Bonchev–Trinajstić information content (AvgIpc) is 3.01. The number of hydrogen-bond donors (Lipinski definition) is 2. The quantitative estimate of drug-likeness (QED) is 0.225. The van der Waals surface area contributed by atoms with Gasteiger partial charge in [0.15, 0.2) is 5.17 Å². The van der Waals surface area contributed by atoms with Crippen molar-refractivity contribution in [3.8, 4) is 0 Å². The van der Waals surface area contributed by atoms with Gasteiger partial charge in [0.05, 0.1) is 28.0 Å². The van der Waals surface area contributed by atoms with Crippen molar-refractivity contribution in [3.05, 3.63) is 69.8 Å². The van der Waals surface area contributed by atoms with Gasteiger partial charge in [-0.1, -0.05) is 23.9 Å². The van der Waals surface area contributed by atoms with E-state index in [1.165, 1.54) is 48.7 Å². The van der Waals surface area contributed by atoms with Gasteiger partial charge in [-0.2, -0.15) is 5.10 Å². The number of nitro benzene ring substituents is 1. The summed E-state index contributed by atoms with van der Waals surface area (Å²) in [5.74, 6) is -2.09. The van der Waals surface area contributed by atoms with E-state index in [9.17, 15) is 24.5 Å². The highest BCUT2D eigenvalue weighted by Crippen LogP contribution is 2.30. The maximum atomic E-state index is 12.6. The number of thioether (sulfide) groups is 1. The van der Waals surface area contributed by atoms with Crippen molar-refractivity contribution < 1.29 is 24.4 Å². The van der Waals surface area contributed by atoms with Crippen LogP contribution in [-0.2, 0) is 9.59 Å². The van der Waals surface area contributed by atoms with E-state index in [2.05, 4.69) is 10.2 Å². The summed E-state index contributed by atoms with van der Waals surface area (Å²) >= 11 is 0.845. The van der Waals surface area contributed by atoms with E-state index in [-0.39, 0.29) is 34.1 Å². The van der Waals surface area contributed by atoms with E-state index >= 15 is 0 Å². The predicted molar refractivity (Wildman–Crippen MR) is 114 cm³/mol. The van der Waals surface area contributed by atoms with Crippen molar-refractivity contribution in [3.63, 3.8) is 0 Å². The number of aromatic carboxylic acids is 1. The third-order valence-electron chi connectivity index (χ3n) is 4.23. The Kier molecular flexibility index (Phi) is 6.40. The number of hydrogen-bond acceptors (Lipinski definition) is 8. The number of imide groups is 1. The number of nitro groups is 1. The molecule has 0 aliphatic carbocycles. The Morgan fingerprint density at radius 1 is 1.23 bits per heavy atom. The van der Waals surface area contributed by atoms with E-state index in [1.807, 2.05) is 0 Å². The average molecular weight is 441 g/mol. The van der Waals surface area contributed by atoms with Gasteiger partial charge < -0.3 is 10.8 Å². The van der Waals surface area contributed by atoms with Gasteiger partial charge in [-0.05, 0) is 30.3 Å². The van der Waals surface area contributed by atoms with Crippen LogP contribution >= 0.6 is 11.8 Å². The first-order chi connectivity index (χ1) is 14.8. The lowest BCUT2D eigenvalue weighted by Crippen LogP contribution is -2.31. The highest BCUT2D eigenvalue weighted by atomic mass is 32.2. The standard InChI is InChI=1S/C19H15N5O6S/c20-19(22-21-10-12-3-1-2-4-14(12)24(29)30)31-15-9-16(25)23(17(15)26)13-7-5-11(6-8-13)18(27)28/h1-8,10,15H,9H2,(H2,20,22)(H,27,28)/t15-/m1/s1. The molecule has 1 saturated heterocycles. The number of carboxylic acids is 1. The summed E-state index contributed by atoms with van der Waals surface area (Å²) in [5, 5.41) is 26.5. The van der Waals surface area contributed by atoms with Gasteiger partial charge in [-0.15, -0.1) is 5.10 Å². The minimum Gasteiger partial charge on any atom is -0.478 e. The number of para-hydroxylation sites is 1. The molecule has 11 nitrogen and oxygen atoms in total. The SMILES string of the molecule is NC(=NN=Cc1ccccc1[N+](=O)[O-])S[C@@H]1CC(=O)N(c2ccc(C(=O)O)cc2)C1=O. The van der Waals surface area contributed by atoms with Crippen molar-refractivity contribution in [1.82, 2.24) is 0 Å². The van der Waals surface area contributed by atoms with Gasteiger partial charge in [0.2, 0.25) is 11.8 Å². The fourth-order valence-electron chi connectivity index (χ4n) is 2.80. The van der Waals surface area contributed by atoms with Gasteiger partial charge in [0.1, 0.15) is 5.25 Å². The molecule has 31 heavy (non-hydrogen) atoms. The summed E-state index contributed by atoms with van der Waals surface area (Å²) in [7, 11) is 0. The molecule has 0 bridgehead atoms. The number of carbonyl (C=O) groups is 3. The number of benzene rings is 2. The van der Waals surface area contributed by atoms with E-state index in [0.29, 0.717) is 0 Å². The van der Waals surface area contributed by atoms with Crippen LogP contribution < -0.4 is 10.6 Å². The van der Waals surface area contributed by atoms with Crippen LogP contribution in [0.3, 0.4) is 0 Å². The van der Waals surface area contributed by atoms with Crippen LogP contribution in [0.15, 0.2) is 58.7 Å². The number of amides is 2. The predicted octanol–water partition coefficient (Wildman–Crippen LogP) is 2.01. The number of amidine groups is 1. The molecule has 3 N–H and O–H groups in total. The van der Waals surface area contributed by atoms with E-state index in [4.69, 9.17) is 10.8 Å². The smallest absolute Gasteiger partial charge is 0.335 e. The largest absolute Gasteiger partial charge is 0.478 e. The number of nitrogens with zero attached hydrogens (tertiary/aromatic N) is 4. The normalized spacial score (nSPS) is 16.8. The zero-order valence-electron chi connectivity index (χ0n) is 15.7. The van der Waals surface area contributed by atoms with Crippen molar-refractivity contribution >= 4 is 52.3 Å². The zero-order valence-corrected chi connectivity index (χ0v) is 16.6. The molecule has 158 valence electrons. The Morgan fingerprint density at radius 3 is 2.55 bits per heavy atom. The lowest BCUT2D eigenvalue weighted by atomic mass is 10.2. The first-order valence-electron chi connectivity index (χ1n) is 8.74. The van der Waals surface area contributed by atoms with Gasteiger partial charge in [-0.3, -0.25) is 19.7 Å². The van der Waals surface area contributed by atoms with Crippen molar-refractivity contribution in [2.45, 2.75) is 11.7 Å². The number of carbonyl (C=O) groups excluding carboxylic acids is 2. The summed E-state index contributed by atoms with van der Waals surface area (Å²) < 4.78 is 0. The molecule has 12 heteroatoms. The van der Waals surface area contributed by atoms with Crippen molar-refractivity contribution in [1.29, 1.82) is 0 Å². The maximum absolute atomic E-state index is 12.6. The number of nitrogens with two attached hydrogens (primary N) is 1. The molecule has 2 aromatic carbocycles. The molecule has 0 radical (unpaired) electrons. The number of rotatable bonds is 6. The highest BCUT2D eigenvalue weighted by Gasteiger charge is 2.40. The molecule has 3 rings (SSSR count). The number of carboxylic acid groups (broad SMARTS) is 1. The lowest BCUT2D eigenvalue weighted by molar-refractivity contribution is -0.385. The molecule has 1 aliphatic rings. The maximum Gasteiger partial charge on any atom is 0.335 e. The van der Waals surface area contributed by atoms with Gasteiger partial charge >= 0.3 is 5.97 Å². The molecule has 1 atom stereocenters. The molecule has 2 aromatic rings. The minimum absolute atomic E-state index is 0.0293. The second kappa shape index (κ2) is 9.17. The fourth-order valence-corrected chi connectivity index (χ4v) is 3.62. The molecule has 2 amide bonds. The van der Waals surface area contributed by atoms with Gasteiger partial charge in [0, 0.05) is 12.5 Å². The summed E-state index contributed by atoms with van der Waals surface area (Å²) in [5.41, 5.74) is 6.15. The van der Waals surface area contributed by atoms with Crippen LogP contribution in [0.4, 0.5) is 11.4 Å². The first kappa shape index (κ1) is 21.6. The van der Waals surface area contributed by atoms with Gasteiger partial charge in [-0.25, -0.2) is 9.69 Å². The lowest BCUT2D eigenvalue weighted by Gasteiger charge is -2.14. The van der Waals surface area contributed by atoms with Crippen LogP contribution in [0.25, 0.3) is 0 Å². The summed E-state index contributed by atoms with van der Waals surface area (Å²) in [6.45, 7) is 0. The highest BCUT2D eigenvalue weighted by molar-refractivity contribution is 8.14. The Bertz CT molecular complexity index is 1120. The van der Waals surface area contributed by atoms with Crippen LogP contribution in [0, 0.1) is 10.1 Å². The van der Waals surface area contributed by atoms with Crippen LogP contribution in [0.5, 0.6) is 0 Å². The first-order valence-corrected chi connectivity index (χ1v) is 9.62. The molecule has 0 aromatic heterocycles. The van der Waals surface area contributed by atoms with E-state index < -0.39 is 28.0 Å². The summed E-state index contributed by atoms with van der Waals surface area (Å²) in [6, 6.07) is 11.3. The van der Waals surface area contributed by atoms with Crippen molar-refractivity contribution in [2.75, 3.05) is 4.90 Å². The molecule has 0 spiro atoms. The third kappa shape index (κ3) is 4.93. The van der Waals surface area contributed by atoms with E-state index in [1.54, 1.807) is 6.07 Å². The van der Waals surface area contributed by atoms with Crippen LogP contribution in [0.2, 0.25) is 0 Å². The monoisotopic (exact) mass is 441 g/mol. The molecule has 1 fully saturated rings. The molecule has 1 heterocycles. The zero-order chi connectivity index (χ0) is 22.5. The molecular formula is C19H15N5O6S. The Balaban J connectivity index is 1.69. The summed E-state index contributed by atoms with van der Waals surface area (Å²) in [6.07, 6.45) is 1.05. The van der Waals surface area contributed by atoms with Crippen molar-refractivity contribution in [2.24, 2.45) is 15.9 Å². The Labute approximate surface area is 179 Å². The second-order valence-electron chi connectivity index (χ2n) is 6.23. The molecule has 0 unspecified atom stereocenters. The topological polar surface area (TPSA) is 169 Å². The third-order valence-corrected chi connectivity index (χ3v) is 5.20. The van der Waals surface area contributed by atoms with Gasteiger partial charge in [0.25, 0.3) is 5.69 Å². The molecular weight excluding hydrogens is 426 g/mol. The van der Waals surface area contributed by atoms with Crippen LogP contribution in [0.1, 0.15) is 22.3 Å². The summed E-state index contributed by atoms with van der Waals surface area (Å²) in [4.78, 5) is 47.3. The second-order valence-corrected chi connectivity index (χ2v) is 7.45. The van der Waals surface area contributed by atoms with E-state index in [0.717, 1.165) is 16.7 Å². The Morgan fingerprint density at radius 2 is 1.90 bits per heavy atom. The fraction of sp³-hybridized carbons (Fsp3) is 0.105. The van der Waals surface area contributed by atoms with Crippen LogP contribution in [-0.4, -0.2) is 44.4 Å². The minimum atomic E-state index is -1.12. The Hall–Kier alpha value is -4.06. The molecule has 1 aliphatic heterocycles. The molecule has 0 saturated carbocycles.